The molecule has 6 aromatic carbocycles. The van der Waals surface area contributed by atoms with E-state index in [9.17, 15) is 30.0 Å². The SMILES string of the molecule is CC(C)(C)[Si](OCCN(CCO[Si](c1ccccc1)(c1ccccc1)C(C)(C)C)C(=O)C[C@H](CSc1ccccc1)Nc1ccc(S(N)(=O)=O)cc1S(=O)(=O)C(F)(F)F)(c1ccccc1)c1ccccc1. The van der Waals surface area contributed by atoms with Crippen LogP contribution in [0.3, 0.4) is 0 Å². The first-order chi connectivity index (χ1) is 33.4. The van der Waals surface area contributed by atoms with Gasteiger partial charge in [-0.2, -0.15) is 13.2 Å². The van der Waals surface area contributed by atoms with Gasteiger partial charge in [-0.05, 0) is 61.2 Å². The molecule has 378 valence electrons. The van der Waals surface area contributed by atoms with E-state index in [1.807, 2.05) is 103 Å². The van der Waals surface area contributed by atoms with Crippen LogP contribution in [0, 0.1) is 0 Å². The minimum Gasteiger partial charge on any atom is -0.406 e. The summed E-state index contributed by atoms with van der Waals surface area (Å²) >= 11 is 1.31. The minimum atomic E-state index is -6.13. The summed E-state index contributed by atoms with van der Waals surface area (Å²) < 4.78 is 108. The summed E-state index contributed by atoms with van der Waals surface area (Å²) in [5.41, 5.74) is -6.34. The highest BCUT2D eigenvalue weighted by Gasteiger charge is 2.52. The van der Waals surface area contributed by atoms with Gasteiger partial charge in [0.1, 0.15) is 4.90 Å². The number of amides is 1. The average molecular weight is 1060 g/mol. The number of carbonyl (C=O) groups excluding carboxylic acids is 1. The molecule has 0 saturated carbocycles. The minimum absolute atomic E-state index is 0.0865. The van der Waals surface area contributed by atoms with Gasteiger partial charge in [0.2, 0.25) is 15.9 Å². The van der Waals surface area contributed by atoms with Crippen molar-refractivity contribution in [2.24, 2.45) is 5.14 Å². The van der Waals surface area contributed by atoms with Crippen LogP contribution in [0.15, 0.2) is 185 Å². The number of halogens is 3. The number of hydrogen-bond acceptors (Lipinski definition) is 9. The van der Waals surface area contributed by atoms with E-state index in [1.54, 1.807) is 4.90 Å². The summed E-state index contributed by atoms with van der Waals surface area (Å²) in [5, 5.41) is 11.6. The molecule has 0 spiro atoms. The summed E-state index contributed by atoms with van der Waals surface area (Å²) in [6.45, 7) is 13.4. The molecule has 71 heavy (non-hydrogen) atoms. The van der Waals surface area contributed by atoms with Crippen LogP contribution in [0.5, 0.6) is 0 Å². The smallest absolute Gasteiger partial charge is 0.406 e. The maximum Gasteiger partial charge on any atom is 0.501 e. The number of sulfone groups is 1. The van der Waals surface area contributed by atoms with Gasteiger partial charge in [-0.1, -0.05) is 181 Å². The molecule has 6 aromatic rings. The van der Waals surface area contributed by atoms with Crippen molar-refractivity contribution in [3.63, 3.8) is 0 Å². The monoisotopic (exact) mass is 1060 g/mol. The second kappa shape index (κ2) is 22.8. The summed E-state index contributed by atoms with van der Waals surface area (Å²) in [6.07, 6.45) is -0.319. The fraction of sp³-hybridized carbons (Fsp3) is 0.302. The largest absolute Gasteiger partial charge is 0.501 e. The van der Waals surface area contributed by atoms with Crippen LogP contribution in [0.4, 0.5) is 18.9 Å². The number of benzene rings is 6. The Labute approximate surface area is 423 Å². The zero-order chi connectivity index (χ0) is 51.7. The van der Waals surface area contributed by atoms with E-state index < -0.39 is 69.4 Å². The van der Waals surface area contributed by atoms with Gasteiger partial charge in [-0.25, -0.2) is 22.0 Å². The highest BCUT2D eigenvalue weighted by atomic mass is 32.2. The molecule has 0 fully saturated rings. The number of thioether (sulfide) groups is 1. The third-order valence-corrected chi connectivity index (χ3v) is 26.1. The van der Waals surface area contributed by atoms with Crippen molar-refractivity contribution in [3.05, 3.63) is 170 Å². The molecule has 0 aliphatic heterocycles. The predicted molar refractivity (Wildman–Crippen MR) is 284 cm³/mol. The molecule has 0 saturated heterocycles. The van der Waals surface area contributed by atoms with Gasteiger partial charge in [0.05, 0.1) is 23.8 Å². The topological polar surface area (TPSA) is 145 Å². The van der Waals surface area contributed by atoms with Crippen molar-refractivity contribution >= 4 is 80.6 Å². The Bertz CT molecular complexity index is 2730. The zero-order valence-electron chi connectivity index (χ0n) is 40.7. The molecule has 10 nitrogen and oxygen atoms in total. The van der Waals surface area contributed by atoms with Crippen molar-refractivity contribution in [3.8, 4) is 0 Å². The lowest BCUT2D eigenvalue weighted by molar-refractivity contribution is -0.132. The number of alkyl halides is 3. The maximum atomic E-state index is 15.2. The summed E-state index contributed by atoms with van der Waals surface area (Å²) in [4.78, 5) is 15.4. The fourth-order valence-electron chi connectivity index (χ4n) is 9.07. The molecular weight excluding hydrogens is 1000 g/mol. The number of sulfonamides is 1. The number of hydrogen-bond donors (Lipinski definition) is 2. The molecule has 0 aliphatic carbocycles. The van der Waals surface area contributed by atoms with Gasteiger partial charge in [0.25, 0.3) is 26.5 Å². The fourth-order valence-corrected chi connectivity index (χ4v) is 20.7. The lowest BCUT2D eigenvalue weighted by Crippen LogP contribution is -2.67. The van der Waals surface area contributed by atoms with Crippen LogP contribution < -0.4 is 31.2 Å². The molecule has 0 unspecified atom stereocenters. The highest BCUT2D eigenvalue weighted by molar-refractivity contribution is 7.99. The molecule has 0 aliphatic rings. The maximum absolute atomic E-state index is 15.2. The first kappa shape index (κ1) is 55.3. The van der Waals surface area contributed by atoms with Gasteiger partial charge in [0.15, 0.2) is 0 Å². The second-order valence-electron chi connectivity index (χ2n) is 19.2. The quantitative estimate of drug-likeness (QED) is 0.0535. The van der Waals surface area contributed by atoms with Gasteiger partial charge < -0.3 is 19.1 Å². The molecule has 6 rings (SSSR count). The molecule has 1 atom stereocenters. The molecule has 0 aromatic heterocycles. The van der Waals surface area contributed by atoms with E-state index in [0.717, 1.165) is 37.8 Å². The van der Waals surface area contributed by atoms with Crippen LogP contribution in [0.1, 0.15) is 48.0 Å². The van der Waals surface area contributed by atoms with E-state index in [1.165, 1.54) is 11.8 Å². The number of nitrogens with two attached hydrogens (primary N) is 1. The van der Waals surface area contributed by atoms with Crippen LogP contribution in [0.2, 0.25) is 10.1 Å². The van der Waals surface area contributed by atoms with Crippen molar-refractivity contribution in [2.75, 3.05) is 37.4 Å². The predicted octanol–water partition coefficient (Wildman–Crippen LogP) is 8.57. The third kappa shape index (κ3) is 12.8. The van der Waals surface area contributed by atoms with E-state index in [4.69, 9.17) is 14.0 Å². The number of nitrogens with one attached hydrogen (secondary N) is 1. The number of primary sulfonamides is 1. The van der Waals surface area contributed by atoms with E-state index in [2.05, 4.69) is 95.4 Å². The van der Waals surface area contributed by atoms with Gasteiger partial charge in [-0.3, -0.25) is 4.79 Å². The normalized spacial score (nSPS) is 13.4. The van der Waals surface area contributed by atoms with Crippen LogP contribution in [-0.2, 0) is 33.5 Å². The standard InChI is InChI=1S/C53H62F3N3O7S3Si2/c1-51(2,3)70(44-24-14-8-15-25-44,45-26-16-9-17-27-45)65-36-34-59(35-37-66-71(52(4,5)6,46-28-18-10-19-29-46)47-30-20-11-21-31-47)50(60)38-41(40-67-42-22-12-7-13-23-42)58-48-33-32-43(69(57,63)64)39-49(48)68(61,62)53(54,55)56/h7-33,39,41,58H,34-38,40H2,1-6H3,(H2,57,63,64)/t41-/m1/s1. The van der Waals surface area contributed by atoms with E-state index in [-0.39, 0.29) is 48.6 Å². The number of rotatable bonds is 21. The van der Waals surface area contributed by atoms with Crippen molar-refractivity contribution in [2.45, 2.75) is 84.3 Å². The van der Waals surface area contributed by atoms with Crippen LogP contribution >= 0.6 is 11.8 Å². The summed E-state index contributed by atoms with van der Waals surface area (Å²) in [6, 6.07) is 50.7. The molecule has 1 amide bonds. The Hall–Kier alpha value is -5.06. The van der Waals surface area contributed by atoms with E-state index in [0.29, 0.717) is 6.07 Å². The van der Waals surface area contributed by atoms with Crippen molar-refractivity contribution in [1.82, 2.24) is 4.90 Å². The summed E-state index contributed by atoms with van der Waals surface area (Å²) in [5.74, 6) is -0.321. The number of nitrogens with zero attached hydrogens (tertiary/aromatic N) is 1. The van der Waals surface area contributed by atoms with E-state index >= 15 is 4.79 Å². The number of anilines is 1. The molecular formula is C53H62F3N3O7S3Si2. The Kier molecular flexibility index (Phi) is 17.7. The lowest BCUT2D eigenvalue weighted by Gasteiger charge is -2.44. The second-order valence-corrected chi connectivity index (χ2v) is 32.4. The number of carbonyl (C=O) groups is 1. The molecule has 0 radical (unpaired) electrons. The van der Waals surface area contributed by atoms with Gasteiger partial charge >= 0.3 is 5.51 Å². The Morgan fingerprint density at radius 2 is 1.00 bits per heavy atom. The Morgan fingerprint density at radius 1 is 0.620 bits per heavy atom. The van der Waals surface area contributed by atoms with Crippen molar-refractivity contribution in [1.29, 1.82) is 0 Å². The first-order valence-electron chi connectivity index (χ1n) is 23.1. The highest BCUT2D eigenvalue weighted by Crippen LogP contribution is 2.39. The molecule has 0 heterocycles. The summed E-state index contributed by atoms with van der Waals surface area (Å²) in [7, 11) is -16.9. The van der Waals surface area contributed by atoms with Gasteiger partial charge in [-0.15, -0.1) is 11.8 Å². The Balaban J connectivity index is 1.41. The van der Waals surface area contributed by atoms with Crippen LogP contribution in [0.25, 0.3) is 0 Å². The molecule has 0 bridgehead atoms. The first-order valence-corrected chi connectivity index (χ1v) is 31.0. The Morgan fingerprint density at radius 3 is 1.35 bits per heavy atom. The molecule has 3 N–H and O–H groups in total. The third-order valence-electron chi connectivity index (χ3n) is 12.4. The lowest BCUT2D eigenvalue weighted by atomic mass is 10.2. The van der Waals surface area contributed by atoms with Crippen LogP contribution in [-0.4, -0.2) is 87.9 Å². The zero-order valence-corrected chi connectivity index (χ0v) is 45.2. The average Bonchev–Trinajstić information content (AvgIpc) is 3.33. The molecule has 18 heteroatoms. The van der Waals surface area contributed by atoms with Gasteiger partial charge in [0, 0.05) is 36.2 Å². The van der Waals surface area contributed by atoms with Crippen molar-refractivity contribution < 1.29 is 43.7 Å².